The van der Waals surface area contributed by atoms with E-state index in [-0.39, 0.29) is 34.6 Å². The molecule has 0 aliphatic carbocycles. The van der Waals surface area contributed by atoms with Crippen molar-refractivity contribution in [1.29, 1.82) is 0 Å². The number of halogens is 4. The molecule has 2 N–H and O–H groups in total. The molecule has 28 heavy (non-hydrogen) atoms. The van der Waals surface area contributed by atoms with E-state index < -0.39 is 23.0 Å². The van der Waals surface area contributed by atoms with Crippen LogP contribution in [0.4, 0.5) is 13.2 Å². The average Bonchev–Trinajstić information content (AvgIpc) is 2.66. The van der Waals surface area contributed by atoms with Crippen molar-refractivity contribution in [2.24, 2.45) is 5.73 Å². The molecule has 0 aliphatic heterocycles. The molecule has 0 fully saturated rings. The molecular formula is C20H16BrF3N2O2. The van der Waals surface area contributed by atoms with Crippen molar-refractivity contribution in [3.05, 3.63) is 91.6 Å². The number of ether oxygens (including phenoxy) is 1. The second-order valence-corrected chi connectivity index (χ2v) is 6.91. The fourth-order valence-electron chi connectivity index (χ4n) is 2.74. The van der Waals surface area contributed by atoms with E-state index in [9.17, 15) is 18.0 Å². The average molecular weight is 453 g/mol. The number of aromatic nitrogens is 1. The molecule has 0 atom stereocenters. The van der Waals surface area contributed by atoms with E-state index in [1.54, 1.807) is 13.0 Å². The van der Waals surface area contributed by atoms with Crippen LogP contribution in [0, 0.1) is 24.4 Å². The minimum Gasteiger partial charge on any atom is -0.487 e. The Balaban J connectivity index is 1.98. The maximum atomic E-state index is 14.3. The van der Waals surface area contributed by atoms with Gasteiger partial charge in [0.15, 0.2) is 0 Å². The first-order valence-electron chi connectivity index (χ1n) is 8.29. The molecule has 0 saturated heterocycles. The zero-order valence-electron chi connectivity index (χ0n) is 14.8. The van der Waals surface area contributed by atoms with Crippen molar-refractivity contribution in [3.63, 3.8) is 0 Å². The zero-order chi connectivity index (χ0) is 20.4. The van der Waals surface area contributed by atoms with Crippen molar-refractivity contribution in [3.8, 4) is 11.4 Å². The monoisotopic (exact) mass is 452 g/mol. The third-order valence-electron chi connectivity index (χ3n) is 4.19. The van der Waals surface area contributed by atoms with Gasteiger partial charge in [-0.25, -0.2) is 13.2 Å². The van der Waals surface area contributed by atoms with E-state index in [1.165, 1.54) is 28.8 Å². The minimum absolute atomic E-state index is 0.0539. The maximum absolute atomic E-state index is 14.3. The van der Waals surface area contributed by atoms with Gasteiger partial charge >= 0.3 is 0 Å². The Kier molecular flexibility index (Phi) is 5.90. The number of hydrogen-bond acceptors (Lipinski definition) is 3. The Morgan fingerprint density at radius 1 is 1.07 bits per heavy atom. The smallest absolute Gasteiger partial charge is 0.273 e. The molecular weight excluding hydrogens is 437 g/mol. The van der Waals surface area contributed by atoms with Crippen molar-refractivity contribution in [1.82, 2.24) is 4.57 Å². The molecule has 1 heterocycles. The standard InChI is InChI=1S/C20H16BrF3N2O2/c1-11-6-18(28-10-13-3-4-14(22)8-16(13)24)19(21)20(27)26(11)17-7-12(9-25)2-5-15(17)23/h2-8H,9-10,25H2,1H3. The third kappa shape index (κ3) is 3.98. The van der Waals surface area contributed by atoms with Crippen LogP contribution in [-0.4, -0.2) is 4.57 Å². The van der Waals surface area contributed by atoms with Crippen molar-refractivity contribution in [2.75, 3.05) is 0 Å². The predicted molar refractivity (Wildman–Crippen MR) is 103 cm³/mol. The lowest BCUT2D eigenvalue weighted by Crippen LogP contribution is -2.23. The van der Waals surface area contributed by atoms with E-state index in [2.05, 4.69) is 15.9 Å². The van der Waals surface area contributed by atoms with Crippen LogP contribution in [0.25, 0.3) is 5.69 Å². The molecule has 1 aromatic heterocycles. The first-order valence-corrected chi connectivity index (χ1v) is 9.09. The summed E-state index contributed by atoms with van der Waals surface area (Å²) in [6.45, 7) is 1.62. The second-order valence-electron chi connectivity index (χ2n) is 6.12. The molecule has 4 nitrogen and oxygen atoms in total. The maximum Gasteiger partial charge on any atom is 0.273 e. The van der Waals surface area contributed by atoms with Crippen LogP contribution in [0.15, 0.2) is 51.7 Å². The SMILES string of the molecule is Cc1cc(OCc2ccc(F)cc2F)c(Br)c(=O)n1-c1cc(CN)ccc1F. The highest BCUT2D eigenvalue weighted by Crippen LogP contribution is 2.26. The number of nitrogens with zero attached hydrogens (tertiary/aromatic N) is 1. The number of pyridine rings is 1. The van der Waals surface area contributed by atoms with E-state index in [4.69, 9.17) is 10.5 Å². The summed E-state index contributed by atoms with van der Waals surface area (Å²) in [6, 6.07) is 8.96. The van der Waals surface area contributed by atoms with E-state index in [0.717, 1.165) is 12.1 Å². The molecule has 3 aromatic rings. The summed E-state index contributed by atoms with van der Waals surface area (Å²) in [5.41, 5.74) is 6.35. The van der Waals surface area contributed by atoms with Gasteiger partial charge in [0.2, 0.25) is 0 Å². The Morgan fingerprint density at radius 3 is 2.50 bits per heavy atom. The highest BCUT2D eigenvalue weighted by molar-refractivity contribution is 9.10. The van der Waals surface area contributed by atoms with Crippen LogP contribution in [0.2, 0.25) is 0 Å². The Hall–Kier alpha value is -2.58. The number of rotatable bonds is 5. The summed E-state index contributed by atoms with van der Waals surface area (Å²) in [5, 5.41) is 0. The summed E-state index contributed by atoms with van der Waals surface area (Å²) < 4.78 is 47.9. The molecule has 0 radical (unpaired) electrons. The Labute approximate surface area is 167 Å². The summed E-state index contributed by atoms with van der Waals surface area (Å²) >= 11 is 3.17. The summed E-state index contributed by atoms with van der Waals surface area (Å²) in [4.78, 5) is 12.8. The molecule has 2 aromatic carbocycles. The highest BCUT2D eigenvalue weighted by Gasteiger charge is 2.17. The van der Waals surface area contributed by atoms with Crippen molar-refractivity contribution in [2.45, 2.75) is 20.1 Å². The molecule has 0 unspecified atom stereocenters. The van der Waals surface area contributed by atoms with Gasteiger partial charge in [-0.3, -0.25) is 9.36 Å². The highest BCUT2D eigenvalue weighted by atomic mass is 79.9. The van der Waals surface area contributed by atoms with E-state index >= 15 is 0 Å². The molecule has 0 saturated carbocycles. The largest absolute Gasteiger partial charge is 0.487 e. The van der Waals surface area contributed by atoms with Crippen LogP contribution in [0.3, 0.4) is 0 Å². The number of hydrogen-bond donors (Lipinski definition) is 1. The van der Waals surface area contributed by atoms with Gasteiger partial charge in [0.1, 0.15) is 34.3 Å². The fourth-order valence-corrected chi connectivity index (χ4v) is 3.14. The van der Waals surface area contributed by atoms with Gasteiger partial charge < -0.3 is 10.5 Å². The van der Waals surface area contributed by atoms with Gasteiger partial charge in [-0.05, 0) is 52.7 Å². The van der Waals surface area contributed by atoms with Gasteiger partial charge in [-0.1, -0.05) is 6.07 Å². The Morgan fingerprint density at radius 2 is 1.82 bits per heavy atom. The normalized spacial score (nSPS) is 10.9. The molecule has 0 bridgehead atoms. The molecule has 0 aliphatic rings. The van der Waals surface area contributed by atoms with E-state index in [1.807, 2.05) is 0 Å². The first-order chi connectivity index (χ1) is 13.3. The third-order valence-corrected chi connectivity index (χ3v) is 4.92. The molecule has 0 spiro atoms. The summed E-state index contributed by atoms with van der Waals surface area (Å²) in [6.07, 6.45) is 0. The second kappa shape index (κ2) is 8.20. The molecule has 8 heteroatoms. The van der Waals surface area contributed by atoms with Gasteiger partial charge in [-0.2, -0.15) is 0 Å². The van der Waals surface area contributed by atoms with Crippen LogP contribution in [0.1, 0.15) is 16.8 Å². The molecule has 3 rings (SSSR count). The Bertz CT molecular complexity index is 1100. The summed E-state index contributed by atoms with van der Waals surface area (Å²) in [7, 11) is 0. The van der Waals surface area contributed by atoms with Crippen LogP contribution in [-0.2, 0) is 13.2 Å². The zero-order valence-corrected chi connectivity index (χ0v) is 16.4. The quantitative estimate of drug-likeness (QED) is 0.625. The van der Waals surface area contributed by atoms with E-state index in [0.29, 0.717) is 11.3 Å². The van der Waals surface area contributed by atoms with Crippen LogP contribution in [0.5, 0.6) is 5.75 Å². The number of benzene rings is 2. The van der Waals surface area contributed by atoms with Crippen molar-refractivity contribution < 1.29 is 17.9 Å². The molecule has 0 amide bonds. The molecule has 146 valence electrons. The lowest BCUT2D eigenvalue weighted by molar-refractivity contribution is 0.296. The van der Waals surface area contributed by atoms with Gasteiger partial charge in [0.25, 0.3) is 5.56 Å². The topological polar surface area (TPSA) is 57.2 Å². The minimum atomic E-state index is -0.748. The van der Waals surface area contributed by atoms with Crippen molar-refractivity contribution >= 4 is 15.9 Å². The first kappa shape index (κ1) is 20.2. The van der Waals surface area contributed by atoms with Gasteiger partial charge in [-0.15, -0.1) is 0 Å². The van der Waals surface area contributed by atoms with Gasteiger partial charge in [0.05, 0.1) is 5.69 Å². The fraction of sp³-hybridized carbons (Fsp3) is 0.150. The number of aryl methyl sites for hydroxylation is 1. The summed E-state index contributed by atoms with van der Waals surface area (Å²) in [5.74, 6) is -1.85. The lowest BCUT2D eigenvalue weighted by atomic mass is 10.1. The lowest BCUT2D eigenvalue weighted by Gasteiger charge is -2.16. The van der Waals surface area contributed by atoms with Crippen LogP contribution < -0.4 is 16.0 Å². The predicted octanol–water partition coefficient (Wildman–Crippen LogP) is 4.36. The van der Waals surface area contributed by atoms with Gasteiger partial charge in [0, 0.05) is 29.9 Å². The number of nitrogens with two attached hydrogens (primary N) is 1. The van der Waals surface area contributed by atoms with Crippen LogP contribution >= 0.6 is 15.9 Å².